The lowest BCUT2D eigenvalue weighted by Gasteiger charge is -2.16. The van der Waals surface area contributed by atoms with Gasteiger partial charge < -0.3 is 9.84 Å². The number of carboxylic acid groups (broad SMARTS) is 1. The second-order valence-electron chi connectivity index (χ2n) is 6.87. The highest BCUT2D eigenvalue weighted by atomic mass is 19.4. The van der Waals surface area contributed by atoms with E-state index in [0.29, 0.717) is 41.4 Å². The number of benzene rings is 2. The summed E-state index contributed by atoms with van der Waals surface area (Å²) in [6.07, 6.45) is -1.74. The Morgan fingerprint density at radius 1 is 1.15 bits per heavy atom. The Balaban J connectivity index is 1.98. The fourth-order valence-corrected chi connectivity index (χ4v) is 3.16. The molecule has 2 aromatic rings. The average Bonchev–Trinajstić information content (AvgIpc) is 3.43. The second-order valence-corrected chi connectivity index (χ2v) is 6.87. The Morgan fingerprint density at radius 3 is 2.33 bits per heavy atom. The van der Waals surface area contributed by atoms with Crippen molar-refractivity contribution in [2.24, 2.45) is 5.92 Å². The second kappa shape index (κ2) is 7.62. The van der Waals surface area contributed by atoms with Crippen molar-refractivity contribution in [1.29, 1.82) is 0 Å². The van der Waals surface area contributed by atoms with Crippen LogP contribution in [0.5, 0.6) is 5.75 Å². The molecule has 0 amide bonds. The predicted molar refractivity (Wildman–Crippen MR) is 95.8 cm³/mol. The van der Waals surface area contributed by atoms with E-state index >= 15 is 0 Å². The molecule has 27 heavy (non-hydrogen) atoms. The van der Waals surface area contributed by atoms with Gasteiger partial charge in [0.25, 0.3) is 0 Å². The first kappa shape index (κ1) is 19.3. The van der Waals surface area contributed by atoms with Gasteiger partial charge in [0.15, 0.2) is 0 Å². The zero-order valence-electron chi connectivity index (χ0n) is 14.9. The molecule has 0 aliphatic heterocycles. The number of ether oxygens (including phenoxy) is 1. The SMILES string of the molecule is CCOc1cc(-c2ccc(C(F)(F)F)cc2)cc(C(CC2CC2)C(=O)O)c1. The molecule has 0 bridgehead atoms. The van der Waals surface area contributed by atoms with Crippen molar-refractivity contribution in [3.05, 3.63) is 53.6 Å². The molecular formula is C21H21F3O3. The minimum absolute atomic E-state index is 0.413. The van der Waals surface area contributed by atoms with E-state index in [1.165, 1.54) is 12.1 Å². The fraction of sp³-hybridized carbons (Fsp3) is 0.381. The molecular weight excluding hydrogens is 357 g/mol. The summed E-state index contributed by atoms with van der Waals surface area (Å²) in [5.74, 6) is -0.594. The first-order chi connectivity index (χ1) is 12.8. The van der Waals surface area contributed by atoms with E-state index in [1.807, 2.05) is 6.92 Å². The van der Waals surface area contributed by atoms with E-state index < -0.39 is 23.6 Å². The zero-order chi connectivity index (χ0) is 19.6. The molecule has 0 saturated heterocycles. The lowest BCUT2D eigenvalue weighted by atomic mass is 9.90. The Labute approximate surface area is 155 Å². The minimum Gasteiger partial charge on any atom is -0.494 e. The molecule has 0 radical (unpaired) electrons. The maximum atomic E-state index is 12.8. The van der Waals surface area contributed by atoms with Crippen LogP contribution in [0.1, 0.15) is 43.2 Å². The third-order valence-corrected chi connectivity index (χ3v) is 4.75. The summed E-state index contributed by atoms with van der Waals surface area (Å²) in [6, 6.07) is 10.0. The molecule has 1 atom stereocenters. The maximum absolute atomic E-state index is 12.8. The summed E-state index contributed by atoms with van der Waals surface area (Å²) in [4.78, 5) is 11.8. The number of aliphatic carboxylic acids is 1. The number of carbonyl (C=O) groups is 1. The van der Waals surface area contributed by atoms with Crippen molar-refractivity contribution >= 4 is 5.97 Å². The van der Waals surface area contributed by atoms with Gasteiger partial charge in [-0.1, -0.05) is 31.0 Å². The quantitative estimate of drug-likeness (QED) is 0.668. The van der Waals surface area contributed by atoms with E-state index in [2.05, 4.69) is 0 Å². The molecule has 6 heteroatoms. The molecule has 144 valence electrons. The van der Waals surface area contributed by atoms with Gasteiger partial charge in [-0.3, -0.25) is 4.79 Å². The Kier molecular flexibility index (Phi) is 5.44. The number of alkyl halides is 3. The van der Waals surface area contributed by atoms with Gasteiger partial charge in [0.2, 0.25) is 0 Å². The van der Waals surface area contributed by atoms with Crippen LogP contribution in [-0.4, -0.2) is 17.7 Å². The van der Waals surface area contributed by atoms with E-state index in [9.17, 15) is 23.1 Å². The molecule has 3 nitrogen and oxygen atoms in total. The van der Waals surface area contributed by atoms with Crippen LogP contribution in [-0.2, 0) is 11.0 Å². The molecule has 0 aromatic heterocycles. The number of carboxylic acids is 1. The smallest absolute Gasteiger partial charge is 0.416 e. The molecule has 1 N–H and O–H groups in total. The topological polar surface area (TPSA) is 46.5 Å². The van der Waals surface area contributed by atoms with Crippen LogP contribution in [0.4, 0.5) is 13.2 Å². The highest BCUT2D eigenvalue weighted by molar-refractivity contribution is 5.78. The predicted octanol–water partition coefficient (Wildman–Crippen LogP) is 5.74. The lowest BCUT2D eigenvalue weighted by molar-refractivity contribution is -0.139. The van der Waals surface area contributed by atoms with Gasteiger partial charge in [-0.15, -0.1) is 0 Å². The van der Waals surface area contributed by atoms with Gasteiger partial charge >= 0.3 is 12.1 Å². The maximum Gasteiger partial charge on any atom is 0.416 e. The van der Waals surface area contributed by atoms with Crippen LogP contribution in [0.15, 0.2) is 42.5 Å². The third-order valence-electron chi connectivity index (χ3n) is 4.75. The third kappa shape index (κ3) is 4.81. The first-order valence-corrected chi connectivity index (χ1v) is 8.96. The lowest BCUT2D eigenvalue weighted by Crippen LogP contribution is -2.13. The van der Waals surface area contributed by atoms with Gasteiger partial charge in [-0.25, -0.2) is 0 Å². The Hall–Kier alpha value is -2.50. The van der Waals surface area contributed by atoms with Crippen LogP contribution < -0.4 is 4.74 Å². The number of hydrogen-bond acceptors (Lipinski definition) is 2. The number of hydrogen-bond donors (Lipinski definition) is 1. The summed E-state index contributed by atoms with van der Waals surface area (Å²) in [5, 5.41) is 9.65. The van der Waals surface area contributed by atoms with Gasteiger partial charge in [-0.2, -0.15) is 13.2 Å². The van der Waals surface area contributed by atoms with Crippen LogP contribution >= 0.6 is 0 Å². The molecule has 1 unspecified atom stereocenters. The highest BCUT2D eigenvalue weighted by Crippen LogP contribution is 2.40. The van der Waals surface area contributed by atoms with E-state index in [0.717, 1.165) is 25.0 Å². The van der Waals surface area contributed by atoms with Crippen LogP contribution in [0.3, 0.4) is 0 Å². The number of halogens is 3. The molecule has 1 fully saturated rings. The van der Waals surface area contributed by atoms with Crippen molar-refractivity contribution in [3.63, 3.8) is 0 Å². The summed E-state index contributed by atoms with van der Waals surface area (Å²) < 4.78 is 43.9. The Bertz CT molecular complexity index is 808. The monoisotopic (exact) mass is 378 g/mol. The molecule has 0 spiro atoms. The largest absolute Gasteiger partial charge is 0.494 e. The van der Waals surface area contributed by atoms with Crippen molar-refractivity contribution in [2.75, 3.05) is 6.61 Å². The Morgan fingerprint density at radius 2 is 1.81 bits per heavy atom. The highest BCUT2D eigenvalue weighted by Gasteiger charge is 2.31. The molecule has 3 rings (SSSR count). The molecule has 0 heterocycles. The van der Waals surface area contributed by atoms with Crippen LogP contribution in [0.2, 0.25) is 0 Å². The normalized spacial score (nSPS) is 15.4. The van der Waals surface area contributed by atoms with Gasteiger partial charge in [0, 0.05) is 0 Å². The van der Waals surface area contributed by atoms with Crippen molar-refractivity contribution in [1.82, 2.24) is 0 Å². The summed E-state index contributed by atoms with van der Waals surface area (Å²) in [6.45, 7) is 2.24. The van der Waals surface area contributed by atoms with Crippen LogP contribution in [0, 0.1) is 5.92 Å². The van der Waals surface area contributed by atoms with Crippen molar-refractivity contribution < 1.29 is 27.8 Å². The van der Waals surface area contributed by atoms with Gasteiger partial charge in [0.1, 0.15) is 5.75 Å². The van der Waals surface area contributed by atoms with E-state index in [1.54, 1.807) is 18.2 Å². The number of rotatable bonds is 7. The van der Waals surface area contributed by atoms with Gasteiger partial charge in [0.05, 0.1) is 18.1 Å². The minimum atomic E-state index is -4.39. The molecule has 2 aromatic carbocycles. The molecule has 1 aliphatic rings. The van der Waals surface area contributed by atoms with Crippen LogP contribution in [0.25, 0.3) is 11.1 Å². The average molecular weight is 378 g/mol. The standard InChI is InChI=1S/C21H21F3O3/c1-2-27-18-11-15(14-5-7-17(8-6-14)21(22,23)24)10-16(12-18)19(20(25)26)9-13-3-4-13/h5-8,10-13,19H,2-4,9H2,1H3,(H,25,26). The first-order valence-electron chi connectivity index (χ1n) is 8.96. The van der Waals surface area contributed by atoms with E-state index in [4.69, 9.17) is 4.74 Å². The summed E-state index contributed by atoms with van der Waals surface area (Å²) in [5.41, 5.74) is 1.13. The van der Waals surface area contributed by atoms with Crippen molar-refractivity contribution in [2.45, 2.75) is 38.3 Å². The van der Waals surface area contributed by atoms with E-state index in [-0.39, 0.29) is 0 Å². The summed E-state index contributed by atoms with van der Waals surface area (Å²) in [7, 11) is 0. The van der Waals surface area contributed by atoms with Crippen molar-refractivity contribution in [3.8, 4) is 16.9 Å². The molecule has 1 aliphatic carbocycles. The fourth-order valence-electron chi connectivity index (χ4n) is 3.16. The molecule has 1 saturated carbocycles. The summed E-state index contributed by atoms with van der Waals surface area (Å²) >= 11 is 0. The van der Waals surface area contributed by atoms with Gasteiger partial charge in [-0.05, 0) is 60.2 Å². The zero-order valence-corrected chi connectivity index (χ0v) is 14.9.